The maximum Gasteiger partial charge on any atom is 0.224 e. The van der Waals surface area contributed by atoms with Crippen LogP contribution < -0.4 is 5.19 Å². The molecule has 0 aliphatic rings. The van der Waals surface area contributed by atoms with Gasteiger partial charge in [0.2, 0.25) is 11.7 Å². The molecule has 6 aromatic carbocycles. The van der Waals surface area contributed by atoms with E-state index in [-0.39, 0.29) is 25.8 Å². The number of benzene rings is 6. The van der Waals surface area contributed by atoms with Crippen LogP contribution in [0.15, 0.2) is 168 Å². The molecule has 0 amide bonds. The monoisotopic (exact) mass is 1010 g/mol. The molecule has 5 nitrogen and oxygen atoms in total. The molecular formula is C54H45FIrN4OSi-2. The van der Waals surface area contributed by atoms with Gasteiger partial charge in [0, 0.05) is 42.9 Å². The van der Waals surface area contributed by atoms with Crippen molar-refractivity contribution in [3.8, 4) is 50.6 Å². The van der Waals surface area contributed by atoms with Crippen molar-refractivity contribution in [3.05, 3.63) is 188 Å². The van der Waals surface area contributed by atoms with Crippen LogP contribution in [0, 0.1) is 24.0 Å². The summed E-state index contributed by atoms with van der Waals surface area (Å²) in [5, 5.41) is 3.06. The molecule has 0 atom stereocenters. The van der Waals surface area contributed by atoms with Gasteiger partial charge in [-0.15, -0.1) is 54.1 Å². The molecule has 0 aliphatic heterocycles. The SMILES string of the molecule is CC(C)Cc1cc(-c2[c-]cccc2)ncc1[Si](C)(C)C.Fc1nc2oc3c(-c4nc5ccccc5n4-c4ccc(-c5ccccc5)cc4)[c-]ccc3c2cc1-c1ccccc1.[Ir]. The van der Waals surface area contributed by atoms with Gasteiger partial charge in [-0.1, -0.05) is 141 Å². The zero-order valence-electron chi connectivity index (χ0n) is 35.3. The van der Waals surface area contributed by atoms with Crippen molar-refractivity contribution in [1.82, 2.24) is 19.5 Å². The average Bonchev–Trinajstić information content (AvgIpc) is 3.85. The molecule has 8 heteroatoms. The number of nitrogens with zero attached hydrogens (tertiary/aromatic N) is 4. The average molecular weight is 1010 g/mol. The number of para-hydroxylation sites is 2. The Bertz CT molecular complexity index is 3120. The maximum absolute atomic E-state index is 15.1. The molecule has 62 heavy (non-hydrogen) atoms. The minimum absolute atomic E-state index is 0. The van der Waals surface area contributed by atoms with E-state index in [9.17, 15) is 0 Å². The predicted molar refractivity (Wildman–Crippen MR) is 251 cm³/mol. The molecule has 309 valence electrons. The molecule has 0 saturated heterocycles. The normalized spacial score (nSPS) is 11.5. The Balaban J connectivity index is 0.000000214. The first-order valence-corrected chi connectivity index (χ1v) is 24.2. The van der Waals surface area contributed by atoms with Crippen LogP contribution in [0.1, 0.15) is 19.4 Å². The molecule has 0 saturated carbocycles. The van der Waals surface area contributed by atoms with Crippen LogP contribution in [-0.2, 0) is 26.5 Å². The fourth-order valence-electron chi connectivity index (χ4n) is 8.00. The van der Waals surface area contributed by atoms with Crippen LogP contribution in [0.5, 0.6) is 0 Å². The van der Waals surface area contributed by atoms with Crippen LogP contribution >= 0.6 is 0 Å². The zero-order chi connectivity index (χ0) is 42.1. The number of pyridine rings is 2. The number of rotatable bonds is 8. The largest absolute Gasteiger partial charge is 0.486 e. The Labute approximate surface area is 376 Å². The van der Waals surface area contributed by atoms with Gasteiger partial charge < -0.3 is 14.0 Å². The molecule has 0 fully saturated rings. The summed E-state index contributed by atoms with van der Waals surface area (Å²) < 4.78 is 23.5. The Hall–Kier alpha value is -6.31. The van der Waals surface area contributed by atoms with E-state index in [0.717, 1.165) is 61.9 Å². The van der Waals surface area contributed by atoms with Gasteiger partial charge in [0.05, 0.1) is 30.5 Å². The van der Waals surface area contributed by atoms with Gasteiger partial charge in [-0.05, 0) is 70.2 Å². The second kappa shape index (κ2) is 18.0. The van der Waals surface area contributed by atoms with Crippen molar-refractivity contribution in [1.29, 1.82) is 0 Å². The number of hydrogen-bond acceptors (Lipinski definition) is 4. The van der Waals surface area contributed by atoms with E-state index in [0.29, 0.717) is 28.5 Å². The molecule has 0 bridgehead atoms. The molecule has 4 heterocycles. The summed E-state index contributed by atoms with van der Waals surface area (Å²) in [5.74, 6) is 0.784. The number of hydrogen-bond donors (Lipinski definition) is 0. The summed E-state index contributed by atoms with van der Waals surface area (Å²) in [6.45, 7) is 11.7. The van der Waals surface area contributed by atoms with E-state index < -0.39 is 14.0 Å². The molecule has 0 aliphatic carbocycles. The fourth-order valence-corrected chi connectivity index (χ4v) is 9.59. The van der Waals surface area contributed by atoms with Crippen LogP contribution in [0.2, 0.25) is 19.6 Å². The van der Waals surface area contributed by atoms with Crippen LogP contribution in [0.25, 0.3) is 83.7 Å². The van der Waals surface area contributed by atoms with Gasteiger partial charge >= 0.3 is 0 Å². The number of furan rings is 1. The van der Waals surface area contributed by atoms with E-state index in [1.807, 2.05) is 103 Å². The Morgan fingerprint density at radius 3 is 2.06 bits per heavy atom. The third kappa shape index (κ3) is 8.59. The number of imidazole rings is 1. The summed E-state index contributed by atoms with van der Waals surface area (Å²) in [7, 11) is -1.34. The standard InChI is InChI=1S/C36H21FN3O.C18H24NSi.Ir/c37-34-29(25-12-5-2-6-13-25)22-30-27-14-9-15-28(33(27)41-36(30)39-34)35-38-31-16-7-8-17-32(31)40(35)26-20-18-24(19-21-26)23-10-3-1-4-11-23;1-14(2)11-16-12-17(15-9-7-6-8-10-15)19-13-18(16)20(3,4)5;/h1-14,16-22H;6-9,12-14H,11H2,1-5H3;/q2*-1;. The van der Waals surface area contributed by atoms with Crippen molar-refractivity contribution < 1.29 is 28.9 Å². The smallest absolute Gasteiger partial charge is 0.224 e. The minimum Gasteiger partial charge on any atom is -0.486 e. The molecular weight excluding hydrogens is 960 g/mol. The molecule has 0 spiro atoms. The molecule has 0 unspecified atom stereocenters. The third-order valence-electron chi connectivity index (χ3n) is 10.9. The Morgan fingerprint density at radius 1 is 0.694 bits per heavy atom. The van der Waals surface area contributed by atoms with Gasteiger partial charge in [0.1, 0.15) is 0 Å². The second-order valence-electron chi connectivity index (χ2n) is 16.8. The van der Waals surface area contributed by atoms with Crippen molar-refractivity contribution in [2.75, 3.05) is 0 Å². The van der Waals surface area contributed by atoms with Crippen LogP contribution in [0.3, 0.4) is 0 Å². The topological polar surface area (TPSA) is 56.7 Å². The van der Waals surface area contributed by atoms with Crippen molar-refractivity contribution >= 4 is 46.4 Å². The first kappa shape index (κ1) is 42.4. The van der Waals surface area contributed by atoms with Crippen molar-refractivity contribution in [3.63, 3.8) is 0 Å². The van der Waals surface area contributed by atoms with E-state index in [2.05, 4.69) is 121 Å². The zero-order valence-corrected chi connectivity index (χ0v) is 38.7. The summed E-state index contributed by atoms with van der Waals surface area (Å²) in [4.78, 5) is 13.9. The van der Waals surface area contributed by atoms with Crippen molar-refractivity contribution in [2.24, 2.45) is 5.92 Å². The van der Waals surface area contributed by atoms with Crippen LogP contribution in [0.4, 0.5) is 4.39 Å². The first-order valence-electron chi connectivity index (χ1n) is 20.7. The van der Waals surface area contributed by atoms with E-state index in [4.69, 9.17) is 9.40 Å². The molecule has 0 N–H and O–H groups in total. The number of aromatic nitrogens is 4. The Kier molecular flexibility index (Phi) is 12.3. The summed E-state index contributed by atoms with van der Waals surface area (Å²) >= 11 is 0. The van der Waals surface area contributed by atoms with E-state index >= 15 is 4.39 Å². The van der Waals surface area contributed by atoms with Crippen LogP contribution in [-0.4, -0.2) is 27.6 Å². The van der Waals surface area contributed by atoms with E-state index in [1.165, 1.54) is 10.8 Å². The van der Waals surface area contributed by atoms with Gasteiger partial charge in [0.15, 0.2) is 0 Å². The van der Waals surface area contributed by atoms with Gasteiger partial charge in [-0.2, -0.15) is 9.37 Å². The van der Waals surface area contributed by atoms with E-state index in [1.54, 1.807) is 0 Å². The van der Waals surface area contributed by atoms with Crippen molar-refractivity contribution in [2.45, 2.75) is 39.9 Å². The molecule has 4 aromatic heterocycles. The third-order valence-corrected chi connectivity index (χ3v) is 13.0. The van der Waals surface area contributed by atoms with Gasteiger partial charge in [0.25, 0.3) is 0 Å². The molecule has 1 radical (unpaired) electrons. The first-order chi connectivity index (χ1) is 29.6. The Morgan fingerprint density at radius 2 is 1.37 bits per heavy atom. The van der Waals surface area contributed by atoms with Gasteiger partial charge in [-0.3, -0.25) is 4.98 Å². The number of halogens is 1. The maximum atomic E-state index is 15.1. The number of fused-ring (bicyclic) bond motifs is 4. The predicted octanol–water partition coefficient (Wildman–Crippen LogP) is 13.6. The fraction of sp³-hybridized carbons (Fsp3) is 0.130. The summed E-state index contributed by atoms with van der Waals surface area (Å²) in [6, 6.07) is 58.8. The van der Waals surface area contributed by atoms with Gasteiger partial charge in [-0.25, -0.2) is 0 Å². The quantitative estimate of drug-likeness (QED) is 0.0865. The summed E-state index contributed by atoms with van der Waals surface area (Å²) in [5.41, 5.74) is 11.4. The molecule has 10 rings (SSSR count). The molecule has 10 aromatic rings. The summed E-state index contributed by atoms with van der Waals surface area (Å²) in [6.07, 6.45) is 3.24. The minimum atomic E-state index is -1.34. The second-order valence-corrected chi connectivity index (χ2v) is 21.8.